The fourth-order valence-corrected chi connectivity index (χ4v) is 5.00. The predicted octanol–water partition coefficient (Wildman–Crippen LogP) is 6.50. The van der Waals surface area contributed by atoms with Crippen LogP contribution in [0.4, 0.5) is 0 Å². The smallest absolute Gasteiger partial charge is 0.243 e. The van der Waals surface area contributed by atoms with E-state index in [1.54, 1.807) is 16.7 Å². The van der Waals surface area contributed by atoms with Crippen LogP contribution in [0.5, 0.6) is 0 Å². The average molecular weight is 574 g/mol. The lowest BCUT2D eigenvalue weighted by Crippen LogP contribution is -2.52. The summed E-state index contributed by atoms with van der Waals surface area (Å²) in [5.74, 6) is 0.718. The Balaban J connectivity index is 1.85. The van der Waals surface area contributed by atoms with Gasteiger partial charge in [0.25, 0.3) is 0 Å². The molecule has 0 heterocycles. The third kappa shape index (κ3) is 8.71. The number of hydrogen-bond donors (Lipinski definition) is 1. The summed E-state index contributed by atoms with van der Waals surface area (Å²) < 4.78 is 1.02. The second-order valence-corrected chi connectivity index (χ2v) is 10.9. The van der Waals surface area contributed by atoms with Gasteiger partial charge in [0.15, 0.2) is 0 Å². The van der Waals surface area contributed by atoms with Gasteiger partial charge in [-0.25, -0.2) is 0 Å². The van der Waals surface area contributed by atoms with Crippen LogP contribution in [0.1, 0.15) is 30.5 Å². The third-order valence-electron chi connectivity index (χ3n) is 5.41. The first kappa shape index (κ1) is 27.3. The van der Waals surface area contributed by atoms with E-state index in [1.165, 1.54) is 0 Å². The second-order valence-electron chi connectivity index (χ2n) is 8.60. The van der Waals surface area contributed by atoms with Gasteiger partial charge in [0.2, 0.25) is 11.8 Å². The Hall–Kier alpha value is -2.28. The van der Waals surface area contributed by atoms with Crippen LogP contribution in [0, 0.1) is 0 Å². The Kier molecular flexibility index (Phi) is 10.7. The maximum Gasteiger partial charge on any atom is 0.243 e. The molecule has 0 aromatic heterocycles. The summed E-state index contributed by atoms with van der Waals surface area (Å²) in [5, 5.41) is 3.59. The average Bonchev–Trinajstić information content (AvgIpc) is 2.83. The van der Waals surface area contributed by atoms with Gasteiger partial charge in [0, 0.05) is 34.3 Å². The molecule has 1 atom stereocenters. The van der Waals surface area contributed by atoms with Crippen LogP contribution in [0.25, 0.3) is 0 Å². The van der Waals surface area contributed by atoms with Crippen LogP contribution in [0.15, 0.2) is 83.3 Å². The zero-order valence-corrected chi connectivity index (χ0v) is 23.1. The lowest BCUT2D eigenvalue weighted by atomic mass is 10.0. The van der Waals surface area contributed by atoms with E-state index >= 15 is 0 Å². The summed E-state index contributed by atoms with van der Waals surface area (Å²) >= 11 is 11.4. The topological polar surface area (TPSA) is 49.4 Å². The lowest BCUT2D eigenvalue weighted by Gasteiger charge is -2.32. The van der Waals surface area contributed by atoms with Gasteiger partial charge in [-0.05, 0) is 48.7 Å². The van der Waals surface area contributed by atoms with Gasteiger partial charge < -0.3 is 10.2 Å². The Labute approximate surface area is 225 Å². The normalized spacial score (nSPS) is 11.8. The fourth-order valence-electron chi connectivity index (χ4n) is 3.66. The summed E-state index contributed by atoms with van der Waals surface area (Å²) in [6, 6.07) is 24.6. The monoisotopic (exact) mass is 572 g/mol. The molecule has 0 aliphatic rings. The van der Waals surface area contributed by atoms with Gasteiger partial charge in [-0.2, -0.15) is 0 Å². The third-order valence-corrected chi connectivity index (χ3v) is 7.29. The minimum atomic E-state index is -0.656. The number of carbonyl (C=O) groups excluding carboxylic acids is 2. The van der Waals surface area contributed by atoms with Crippen molar-refractivity contribution in [1.82, 2.24) is 10.2 Å². The van der Waals surface area contributed by atoms with Crippen LogP contribution in [-0.2, 0) is 28.3 Å². The molecule has 3 rings (SSSR count). The van der Waals surface area contributed by atoms with Gasteiger partial charge in [0.05, 0.1) is 5.75 Å². The fraction of sp³-hybridized carbons (Fsp3) is 0.286. The van der Waals surface area contributed by atoms with E-state index in [0.717, 1.165) is 21.2 Å². The maximum absolute atomic E-state index is 13.6. The molecule has 0 saturated carbocycles. The Morgan fingerprint density at radius 1 is 0.943 bits per heavy atom. The Morgan fingerprint density at radius 2 is 1.60 bits per heavy atom. The summed E-state index contributed by atoms with van der Waals surface area (Å²) in [4.78, 5) is 28.6. The quantitative estimate of drug-likeness (QED) is 0.285. The van der Waals surface area contributed by atoms with E-state index in [2.05, 4.69) is 21.2 Å². The minimum absolute atomic E-state index is 0.0372. The highest BCUT2D eigenvalue weighted by atomic mass is 79.9. The first-order chi connectivity index (χ1) is 16.8. The molecule has 35 heavy (non-hydrogen) atoms. The number of carbonyl (C=O) groups is 2. The highest BCUT2D eigenvalue weighted by molar-refractivity contribution is 9.10. The van der Waals surface area contributed by atoms with Crippen molar-refractivity contribution in [2.45, 2.75) is 44.6 Å². The van der Waals surface area contributed by atoms with E-state index < -0.39 is 6.04 Å². The highest BCUT2D eigenvalue weighted by Gasteiger charge is 2.31. The molecule has 0 saturated heterocycles. The lowest BCUT2D eigenvalue weighted by molar-refractivity contribution is -0.139. The molecule has 4 nitrogen and oxygen atoms in total. The first-order valence-corrected chi connectivity index (χ1v) is 13.9. The summed E-state index contributed by atoms with van der Waals surface area (Å²) in [5.41, 5.74) is 2.95. The van der Waals surface area contributed by atoms with E-state index in [-0.39, 0.29) is 30.2 Å². The molecule has 0 radical (unpaired) electrons. The number of nitrogens with zero attached hydrogens (tertiary/aromatic N) is 1. The van der Waals surface area contributed by atoms with E-state index in [0.29, 0.717) is 17.2 Å². The zero-order valence-electron chi connectivity index (χ0n) is 19.9. The van der Waals surface area contributed by atoms with Crippen LogP contribution in [0.3, 0.4) is 0 Å². The number of thioether (sulfide) groups is 1. The molecule has 3 aromatic carbocycles. The molecule has 0 fully saturated rings. The number of benzene rings is 3. The van der Waals surface area contributed by atoms with E-state index in [9.17, 15) is 9.59 Å². The Bertz CT molecular complexity index is 1110. The van der Waals surface area contributed by atoms with Crippen molar-refractivity contribution in [3.63, 3.8) is 0 Å². The van der Waals surface area contributed by atoms with Crippen LogP contribution in [-0.4, -0.2) is 34.6 Å². The van der Waals surface area contributed by atoms with Gasteiger partial charge in [-0.15, -0.1) is 11.8 Å². The van der Waals surface area contributed by atoms with Gasteiger partial charge in [0.1, 0.15) is 6.04 Å². The second kappa shape index (κ2) is 13.7. The molecule has 1 N–H and O–H groups in total. The molecular formula is C28H30BrClN2O2S. The van der Waals surface area contributed by atoms with E-state index in [1.807, 2.05) is 92.7 Å². The maximum atomic E-state index is 13.6. The van der Waals surface area contributed by atoms with Crippen molar-refractivity contribution in [2.75, 3.05) is 5.75 Å². The Morgan fingerprint density at radius 3 is 2.26 bits per heavy atom. The molecule has 0 aliphatic carbocycles. The standard InChI is InChI=1S/C28H30BrClN2O2S/c1-20(2)31-28(34)26(16-21-8-4-3-5-9-21)32(17-23-10-6-7-11-25(23)30)27(33)19-35-18-22-12-14-24(29)15-13-22/h3-15,20,26H,16-19H2,1-2H3,(H,31,34)/t26-/m0/s1. The van der Waals surface area contributed by atoms with Crippen molar-refractivity contribution in [3.8, 4) is 0 Å². The molecule has 7 heteroatoms. The first-order valence-electron chi connectivity index (χ1n) is 11.5. The van der Waals surface area contributed by atoms with Gasteiger partial charge in [-0.3, -0.25) is 9.59 Å². The van der Waals surface area contributed by atoms with Crippen LogP contribution in [0.2, 0.25) is 5.02 Å². The van der Waals surface area contributed by atoms with Crippen LogP contribution < -0.4 is 5.32 Å². The molecular weight excluding hydrogens is 544 g/mol. The molecule has 3 aromatic rings. The van der Waals surface area contributed by atoms with E-state index in [4.69, 9.17) is 11.6 Å². The van der Waals surface area contributed by atoms with Crippen molar-refractivity contribution in [2.24, 2.45) is 0 Å². The molecule has 2 amide bonds. The molecule has 0 spiro atoms. The molecule has 0 unspecified atom stereocenters. The largest absolute Gasteiger partial charge is 0.352 e. The zero-order chi connectivity index (χ0) is 25.2. The van der Waals surface area contributed by atoms with Gasteiger partial charge >= 0.3 is 0 Å². The number of rotatable bonds is 11. The summed E-state index contributed by atoms with van der Waals surface area (Å²) in [7, 11) is 0. The molecule has 0 aliphatic heterocycles. The van der Waals surface area contributed by atoms with Crippen LogP contribution >= 0.6 is 39.3 Å². The summed E-state index contributed by atoms with van der Waals surface area (Å²) in [6.45, 7) is 4.11. The van der Waals surface area contributed by atoms with Crippen molar-refractivity contribution < 1.29 is 9.59 Å². The highest BCUT2D eigenvalue weighted by Crippen LogP contribution is 2.22. The minimum Gasteiger partial charge on any atom is -0.352 e. The molecule has 0 bridgehead atoms. The predicted molar refractivity (Wildman–Crippen MR) is 150 cm³/mol. The molecule has 184 valence electrons. The number of halogens is 2. The number of amides is 2. The number of hydrogen-bond acceptors (Lipinski definition) is 3. The van der Waals surface area contributed by atoms with Crippen molar-refractivity contribution in [1.29, 1.82) is 0 Å². The summed E-state index contributed by atoms with van der Waals surface area (Å²) in [6.07, 6.45) is 0.424. The van der Waals surface area contributed by atoms with Crippen molar-refractivity contribution in [3.05, 3.63) is 105 Å². The SMILES string of the molecule is CC(C)NC(=O)[C@H](Cc1ccccc1)N(Cc1ccccc1Cl)C(=O)CSCc1ccc(Br)cc1. The van der Waals surface area contributed by atoms with Gasteiger partial charge in [-0.1, -0.05) is 88.2 Å². The number of nitrogens with one attached hydrogen (secondary N) is 1. The van der Waals surface area contributed by atoms with Crippen molar-refractivity contribution >= 4 is 51.1 Å².